The van der Waals surface area contributed by atoms with E-state index in [0.29, 0.717) is 10.6 Å². The lowest BCUT2D eigenvalue weighted by molar-refractivity contribution is 0.0698. The molecule has 0 atom stereocenters. The summed E-state index contributed by atoms with van der Waals surface area (Å²) in [5.74, 6) is -1.38. The minimum Gasteiger partial charge on any atom is -0.478 e. The number of furan rings is 1. The first-order valence-electron chi connectivity index (χ1n) is 6.18. The van der Waals surface area contributed by atoms with E-state index < -0.39 is 11.9 Å². The standard InChI is InChI=1S/C15H11NO4S/c1-8-6-10(15(18)19)14(21-8)16-13(17)12-7-9-4-2-3-5-11(9)20-12/h2-7H,1H3,(H,16,17)(H,18,19). The number of fused-ring (bicyclic) bond motifs is 1. The molecule has 0 saturated heterocycles. The minimum absolute atomic E-state index is 0.0851. The summed E-state index contributed by atoms with van der Waals surface area (Å²) < 4.78 is 5.45. The van der Waals surface area contributed by atoms with Crippen LogP contribution in [0.15, 0.2) is 40.8 Å². The van der Waals surface area contributed by atoms with Gasteiger partial charge in [0.2, 0.25) is 0 Å². The Morgan fingerprint density at radius 3 is 2.71 bits per heavy atom. The summed E-state index contributed by atoms with van der Waals surface area (Å²) in [6.45, 7) is 1.79. The third-order valence-electron chi connectivity index (χ3n) is 2.96. The quantitative estimate of drug-likeness (QED) is 0.772. The lowest BCUT2D eigenvalue weighted by Crippen LogP contribution is -2.12. The van der Waals surface area contributed by atoms with Gasteiger partial charge in [-0.3, -0.25) is 4.79 Å². The molecule has 0 unspecified atom stereocenters. The second-order valence-corrected chi connectivity index (χ2v) is 5.76. The minimum atomic E-state index is -1.07. The number of anilines is 1. The Morgan fingerprint density at radius 1 is 1.24 bits per heavy atom. The fraction of sp³-hybridized carbons (Fsp3) is 0.0667. The molecule has 3 rings (SSSR count). The number of aryl methyl sites for hydroxylation is 1. The van der Waals surface area contributed by atoms with Crippen LogP contribution in [0.1, 0.15) is 25.8 Å². The number of rotatable bonds is 3. The van der Waals surface area contributed by atoms with Gasteiger partial charge in [-0.15, -0.1) is 11.3 Å². The number of hydrogen-bond acceptors (Lipinski definition) is 4. The molecule has 0 aliphatic rings. The van der Waals surface area contributed by atoms with Gasteiger partial charge in [0.15, 0.2) is 5.76 Å². The van der Waals surface area contributed by atoms with Gasteiger partial charge in [-0.1, -0.05) is 18.2 Å². The maximum Gasteiger partial charge on any atom is 0.338 e. The summed E-state index contributed by atoms with van der Waals surface area (Å²) in [7, 11) is 0. The monoisotopic (exact) mass is 301 g/mol. The normalized spacial score (nSPS) is 10.7. The second kappa shape index (κ2) is 5.06. The molecule has 6 heteroatoms. The van der Waals surface area contributed by atoms with Crippen molar-refractivity contribution in [2.24, 2.45) is 0 Å². The van der Waals surface area contributed by atoms with Crippen LogP contribution < -0.4 is 5.32 Å². The van der Waals surface area contributed by atoms with E-state index >= 15 is 0 Å². The summed E-state index contributed by atoms with van der Waals surface area (Å²) in [4.78, 5) is 24.1. The lowest BCUT2D eigenvalue weighted by Gasteiger charge is -2.01. The summed E-state index contributed by atoms with van der Waals surface area (Å²) in [6, 6.07) is 10.4. The van der Waals surface area contributed by atoms with Crippen molar-refractivity contribution >= 4 is 39.2 Å². The van der Waals surface area contributed by atoms with Crippen molar-refractivity contribution in [2.75, 3.05) is 5.32 Å². The highest BCUT2D eigenvalue weighted by Gasteiger charge is 2.18. The molecule has 1 amide bonds. The Kier molecular flexibility index (Phi) is 3.23. The molecule has 0 radical (unpaired) electrons. The molecule has 21 heavy (non-hydrogen) atoms. The Balaban J connectivity index is 1.91. The maximum atomic E-state index is 12.2. The number of thiophene rings is 1. The molecule has 2 aromatic heterocycles. The second-order valence-electron chi connectivity index (χ2n) is 4.51. The number of carboxylic acids is 1. The van der Waals surface area contributed by atoms with Gasteiger partial charge < -0.3 is 14.8 Å². The van der Waals surface area contributed by atoms with Gasteiger partial charge in [-0.05, 0) is 25.1 Å². The van der Waals surface area contributed by atoms with Gasteiger partial charge in [-0.25, -0.2) is 4.79 Å². The lowest BCUT2D eigenvalue weighted by atomic mass is 10.2. The van der Waals surface area contributed by atoms with E-state index in [4.69, 9.17) is 9.52 Å². The smallest absolute Gasteiger partial charge is 0.338 e. The number of hydrogen-bond donors (Lipinski definition) is 2. The van der Waals surface area contributed by atoms with E-state index in [1.165, 1.54) is 17.4 Å². The average Bonchev–Trinajstić information content (AvgIpc) is 3.02. The summed E-state index contributed by atoms with van der Waals surface area (Å²) >= 11 is 1.22. The molecule has 1 aromatic carbocycles. The zero-order chi connectivity index (χ0) is 15.0. The Hall–Kier alpha value is -2.60. The van der Waals surface area contributed by atoms with Crippen LogP contribution in [-0.2, 0) is 0 Å². The highest BCUT2D eigenvalue weighted by atomic mass is 32.1. The fourth-order valence-electron chi connectivity index (χ4n) is 2.02. The molecule has 0 bridgehead atoms. The van der Waals surface area contributed by atoms with Crippen LogP contribution in [0, 0.1) is 6.92 Å². The molecular weight excluding hydrogens is 290 g/mol. The van der Waals surface area contributed by atoms with Crippen LogP contribution in [-0.4, -0.2) is 17.0 Å². The Bertz CT molecular complexity index is 813. The van der Waals surface area contributed by atoms with Crippen LogP contribution >= 0.6 is 11.3 Å². The van der Waals surface area contributed by atoms with Gasteiger partial charge in [0.25, 0.3) is 5.91 Å². The molecule has 0 spiro atoms. The molecule has 3 aromatic rings. The molecule has 2 N–H and O–H groups in total. The zero-order valence-electron chi connectivity index (χ0n) is 11.0. The third-order valence-corrected chi connectivity index (χ3v) is 3.93. The molecule has 0 aliphatic heterocycles. The molecule has 106 valence electrons. The van der Waals surface area contributed by atoms with Crippen molar-refractivity contribution < 1.29 is 19.1 Å². The van der Waals surface area contributed by atoms with Gasteiger partial charge >= 0.3 is 5.97 Å². The molecule has 0 saturated carbocycles. The molecular formula is C15H11NO4S. The first-order valence-corrected chi connectivity index (χ1v) is 7.00. The van der Waals surface area contributed by atoms with E-state index in [9.17, 15) is 9.59 Å². The van der Waals surface area contributed by atoms with E-state index in [-0.39, 0.29) is 11.3 Å². The van der Waals surface area contributed by atoms with Crippen molar-refractivity contribution in [2.45, 2.75) is 6.92 Å². The number of benzene rings is 1. The number of nitrogens with one attached hydrogen (secondary N) is 1. The fourth-order valence-corrected chi connectivity index (χ4v) is 2.92. The largest absolute Gasteiger partial charge is 0.478 e. The van der Waals surface area contributed by atoms with Crippen LogP contribution in [0.25, 0.3) is 11.0 Å². The van der Waals surface area contributed by atoms with Crippen LogP contribution in [0.5, 0.6) is 0 Å². The number of carboxylic acid groups (broad SMARTS) is 1. The van der Waals surface area contributed by atoms with Crippen LogP contribution in [0.2, 0.25) is 0 Å². The van der Waals surface area contributed by atoms with E-state index in [1.54, 1.807) is 19.1 Å². The van der Waals surface area contributed by atoms with Crippen molar-refractivity contribution in [3.8, 4) is 0 Å². The third kappa shape index (κ3) is 2.53. The van der Waals surface area contributed by atoms with Gasteiger partial charge in [-0.2, -0.15) is 0 Å². The van der Waals surface area contributed by atoms with E-state index in [1.807, 2.05) is 18.2 Å². The van der Waals surface area contributed by atoms with Gasteiger partial charge in [0.1, 0.15) is 10.6 Å². The average molecular weight is 301 g/mol. The van der Waals surface area contributed by atoms with E-state index in [0.717, 1.165) is 10.3 Å². The first-order chi connectivity index (χ1) is 10.0. The van der Waals surface area contributed by atoms with E-state index in [2.05, 4.69) is 5.32 Å². The van der Waals surface area contributed by atoms with Crippen molar-refractivity contribution in [1.29, 1.82) is 0 Å². The maximum absolute atomic E-state index is 12.2. The number of para-hydroxylation sites is 1. The van der Waals surface area contributed by atoms with Crippen LogP contribution in [0.4, 0.5) is 5.00 Å². The highest BCUT2D eigenvalue weighted by Crippen LogP contribution is 2.28. The SMILES string of the molecule is Cc1cc(C(=O)O)c(NC(=O)c2cc3ccccc3o2)s1. The summed E-state index contributed by atoms with van der Waals surface area (Å²) in [5, 5.41) is 12.8. The number of carbonyl (C=O) groups excluding carboxylic acids is 1. The van der Waals surface area contributed by atoms with Gasteiger partial charge in [0, 0.05) is 10.3 Å². The summed E-state index contributed by atoms with van der Waals surface area (Å²) in [6.07, 6.45) is 0. The highest BCUT2D eigenvalue weighted by molar-refractivity contribution is 7.16. The molecule has 2 heterocycles. The van der Waals surface area contributed by atoms with Crippen molar-refractivity contribution in [3.05, 3.63) is 52.6 Å². The predicted octanol–water partition coefficient (Wildman–Crippen LogP) is 3.75. The number of amides is 1. The molecule has 5 nitrogen and oxygen atoms in total. The van der Waals surface area contributed by atoms with Gasteiger partial charge in [0.05, 0.1) is 5.56 Å². The topological polar surface area (TPSA) is 79.5 Å². The Labute approximate surface area is 123 Å². The number of aromatic carboxylic acids is 1. The van der Waals surface area contributed by atoms with Crippen LogP contribution in [0.3, 0.4) is 0 Å². The zero-order valence-corrected chi connectivity index (χ0v) is 11.9. The van der Waals surface area contributed by atoms with Crippen molar-refractivity contribution in [3.63, 3.8) is 0 Å². The molecule has 0 fully saturated rings. The predicted molar refractivity (Wildman–Crippen MR) is 80.2 cm³/mol. The van der Waals surface area contributed by atoms with Crippen molar-refractivity contribution in [1.82, 2.24) is 0 Å². The number of carbonyl (C=O) groups is 2. The molecule has 0 aliphatic carbocycles. The summed E-state index contributed by atoms with van der Waals surface area (Å²) in [5.41, 5.74) is 0.699. The first kappa shape index (κ1) is 13.4. The Morgan fingerprint density at radius 2 is 2.00 bits per heavy atom.